The van der Waals surface area contributed by atoms with Crippen LogP contribution in [0.15, 0.2) is 60.0 Å². The minimum Gasteiger partial charge on any atom is -0.481 e. The van der Waals surface area contributed by atoms with Gasteiger partial charge in [0.1, 0.15) is 10.8 Å². The number of benzene rings is 2. The Morgan fingerprint density at radius 3 is 2.58 bits per heavy atom. The molecule has 1 N–H and O–H groups in total. The quantitative estimate of drug-likeness (QED) is 0.672. The molecular weight excluding hydrogens is 344 g/mol. The molecule has 1 atom stereocenters. The van der Waals surface area contributed by atoms with Gasteiger partial charge in [-0.25, -0.2) is 4.98 Å². The molecule has 3 aromatic rings. The van der Waals surface area contributed by atoms with Crippen LogP contribution in [0.3, 0.4) is 0 Å². The van der Waals surface area contributed by atoms with Gasteiger partial charge in [0.15, 0.2) is 6.10 Å². The second-order valence-electron chi connectivity index (χ2n) is 5.99. The van der Waals surface area contributed by atoms with E-state index < -0.39 is 6.10 Å². The Morgan fingerprint density at radius 1 is 1.15 bits per heavy atom. The maximum absolute atomic E-state index is 12.3. The molecule has 5 heteroatoms. The monoisotopic (exact) mass is 366 g/mol. The minimum atomic E-state index is -0.560. The molecule has 1 unspecified atom stereocenters. The number of nitrogens with one attached hydrogen (secondary N) is 1. The number of hydrogen-bond acceptors (Lipinski definition) is 4. The zero-order valence-electron chi connectivity index (χ0n) is 14.9. The molecule has 0 saturated heterocycles. The van der Waals surface area contributed by atoms with Gasteiger partial charge in [-0.05, 0) is 31.0 Å². The normalized spacial score (nSPS) is 11.8. The Kier molecular flexibility index (Phi) is 6.02. The summed E-state index contributed by atoms with van der Waals surface area (Å²) in [6.45, 7) is 4.25. The maximum Gasteiger partial charge on any atom is 0.261 e. The second-order valence-corrected chi connectivity index (χ2v) is 6.84. The van der Waals surface area contributed by atoms with E-state index in [1.54, 1.807) is 18.3 Å². The van der Waals surface area contributed by atoms with Gasteiger partial charge in [-0.3, -0.25) is 4.79 Å². The lowest BCUT2D eigenvalue weighted by Crippen LogP contribution is -2.35. The van der Waals surface area contributed by atoms with Gasteiger partial charge in [-0.2, -0.15) is 0 Å². The van der Waals surface area contributed by atoms with Gasteiger partial charge in [0, 0.05) is 10.9 Å². The molecule has 0 aliphatic rings. The van der Waals surface area contributed by atoms with Crippen LogP contribution in [0.5, 0.6) is 5.75 Å². The average molecular weight is 366 g/mol. The van der Waals surface area contributed by atoms with E-state index in [2.05, 4.69) is 17.2 Å². The summed E-state index contributed by atoms with van der Waals surface area (Å²) in [5.41, 5.74) is 3.18. The van der Waals surface area contributed by atoms with E-state index in [1.807, 2.05) is 60.0 Å². The first kappa shape index (κ1) is 18.1. The van der Waals surface area contributed by atoms with Gasteiger partial charge in [-0.1, -0.05) is 49.4 Å². The topological polar surface area (TPSA) is 51.2 Å². The van der Waals surface area contributed by atoms with Gasteiger partial charge in [0.05, 0.1) is 12.2 Å². The first-order valence-corrected chi connectivity index (χ1v) is 9.57. The molecule has 0 fully saturated rings. The fourth-order valence-electron chi connectivity index (χ4n) is 2.48. The highest BCUT2D eigenvalue weighted by molar-refractivity contribution is 7.13. The van der Waals surface area contributed by atoms with Gasteiger partial charge >= 0.3 is 0 Å². The Hall–Kier alpha value is -2.66. The van der Waals surface area contributed by atoms with E-state index in [4.69, 9.17) is 4.74 Å². The third-order valence-corrected chi connectivity index (χ3v) is 4.97. The molecule has 0 aliphatic carbocycles. The standard InChI is InChI=1S/C21H22N2O2S/c1-3-16-9-11-19(12-10-16)25-15(2)20(24)22-13-18-14-26-21(23-18)17-7-5-4-6-8-17/h4-12,14-15H,3,13H2,1-2H3,(H,22,24). The van der Waals surface area contributed by atoms with E-state index in [0.29, 0.717) is 12.3 Å². The van der Waals surface area contributed by atoms with Gasteiger partial charge < -0.3 is 10.1 Å². The fourth-order valence-corrected chi connectivity index (χ4v) is 3.31. The molecular formula is C21H22N2O2S. The van der Waals surface area contributed by atoms with E-state index in [9.17, 15) is 4.79 Å². The molecule has 0 saturated carbocycles. The third-order valence-electron chi connectivity index (χ3n) is 4.03. The van der Waals surface area contributed by atoms with E-state index in [0.717, 1.165) is 22.7 Å². The molecule has 1 amide bonds. The molecule has 3 rings (SSSR count). The van der Waals surface area contributed by atoms with Crippen LogP contribution in [0.1, 0.15) is 25.1 Å². The van der Waals surface area contributed by atoms with Crippen molar-refractivity contribution in [3.05, 3.63) is 71.2 Å². The van der Waals surface area contributed by atoms with Crippen molar-refractivity contribution in [2.45, 2.75) is 32.9 Å². The van der Waals surface area contributed by atoms with Crippen LogP contribution < -0.4 is 10.1 Å². The van der Waals surface area contributed by atoms with Crippen molar-refractivity contribution >= 4 is 17.2 Å². The lowest BCUT2D eigenvalue weighted by Gasteiger charge is -2.14. The highest BCUT2D eigenvalue weighted by Crippen LogP contribution is 2.23. The highest BCUT2D eigenvalue weighted by atomic mass is 32.1. The number of aromatic nitrogens is 1. The predicted octanol–water partition coefficient (Wildman–Crippen LogP) is 4.46. The summed E-state index contributed by atoms with van der Waals surface area (Å²) < 4.78 is 5.71. The average Bonchev–Trinajstić information content (AvgIpc) is 3.16. The van der Waals surface area contributed by atoms with E-state index in [1.165, 1.54) is 5.56 Å². The number of rotatable bonds is 7. The van der Waals surface area contributed by atoms with Crippen molar-refractivity contribution in [1.29, 1.82) is 0 Å². The van der Waals surface area contributed by atoms with E-state index >= 15 is 0 Å². The number of hydrogen-bond donors (Lipinski definition) is 1. The first-order chi connectivity index (χ1) is 12.7. The van der Waals surface area contributed by atoms with Gasteiger partial charge in [0.2, 0.25) is 0 Å². The van der Waals surface area contributed by atoms with Crippen molar-refractivity contribution < 1.29 is 9.53 Å². The predicted molar refractivity (Wildman–Crippen MR) is 105 cm³/mol. The molecule has 0 aliphatic heterocycles. The smallest absolute Gasteiger partial charge is 0.261 e. The Morgan fingerprint density at radius 2 is 1.88 bits per heavy atom. The number of amides is 1. The molecule has 134 valence electrons. The molecule has 2 aromatic carbocycles. The Labute approximate surface area is 157 Å². The summed E-state index contributed by atoms with van der Waals surface area (Å²) in [5, 5.41) is 5.81. The van der Waals surface area contributed by atoms with Crippen molar-refractivity contribution in [3.63, 3.8) is 0 Å². The highest BCUT2D eigenvalue weighted by Gasteiger charge is 2.15. The second kappa shape index (κ2) is 8.63. The summed E-state index contributed by atoms with van der Waals surface area (Å²) in [6, 6.07) is 17.8. The molecule has 1 heterocycles. The van der Waals surface area contributed by atoms with Crippen molar-refractivity contribution in [3.8, 4) is 16.3 Å². The zero-order valence-corrected chi connectivity index (χ0v) is 15.8. The summed E-state index contributed by atoms with van der Waals surface area (Å²) >= 11 is 1.58. The van der Waals surface area contributed by atoms with Crippen LogP contribution in [0.25, 0.3) is 10.6 Å². The van der Waals surface area contributed by atoms with Crippen molar-refractivity contribution in [2.24, 2.45) is 0 Å². The number of carbonyl (C=O) groups is 1. The lowest BCUT2D eigenvalue weighted by molar-refractivity contribution is -0.127. The maximum atomic E-state index is 12.3. The van der Waals surface area contributed by atoms with E-state index in [-0.39, 0.29) is 5.91 Å². The fraction of sp³-hybridized carbons (Fsp3) is 0.238. The molecule has 0 bridgehead atoms. The van der Waals surface area contributed by atoms with Crippen molar-refractivity contribution in [1.82, 2.24) is 10.3 Å². The molecule has 0 spiro atoms. The molecule has 4 nitrogen and oxygen atoms in total. The molecule has 1 aromatic heterocycles. The molecule has 0 radical (unpaired) electrons. The number of thiazole rings is 1. The molecule has 26 heavy (non-hydrogen) atoms. The zero-order chi connectivity index (χ0) is 18.4. The summed E-state index contributed by atoms with van der Waals surface area (Å²) in [4.78, 5) is 16.8. The van der Waals surface area contributed by atoms with Crippen LogP contribution >= 0.6 is 11.3 Å². The third kappa shape index (κ3) is 4.70. The first-order valence-electron chi connectivity index (χ1n) is 8.69. The minimum absolute atomic E-state index is 0.154. The number of aryl methyl sites for hydroxylation is 1. The van der Waals surface area contributed by atoms with Crippen LogP contribution in [-0.4, -0.2) is 17.0 Å². The number of nitrogens with zero attached hydrogens (tertiary/aromatic N) is 1. The summed E-state index contributed by atoms with van der Waals surface area (Å²) in [5.74, 6) is 0.545. The lowest BCUT2D eigenvalue weighted by atomic mass is 10.2. The SMILES string of the molecule is CCc1ccc(OC(C)C(=O)NCc2csc(-c3ccccc3)n2)cc1. The number of ether oxygens (including phenoxy) is 1. The van der Waals surface area contributed by atoms with Crippen LogP contribution in [0.2, 0.25) is 0 Å². The van der Waals surface area contributed by atoms with Crippen molar-refractivity contribution in [2.75, 3.05) is 0 Å². The number of carbonyl (C=O) groups excluding carboxylic acids is 1. The van der Waals surface area contributed by atoms with Gasteiger partial charge in [0.25, 0.3) is 5.91 Å². The van der Waals surface area contributed by atoms with Crippen LogP contribution in [-0.2, 0) is 17.8 Å². The van der Waals surface area contributed by atoms with Gasteiger partial charge in [-0.15, -0.1) is 11.3 Å². The largest absolute Gasteiger partial charge is 0.481 e. The summed E-state index contributed by atoms with van der Waals surface area (Å²) in [6.07, 6.45) is 0.421. The summed E-state index contributed by atoms with van der Waals surface area (Å²) in [7, 11) is 0. The van der Waals surface area contributed by atoms with Crippen LogP contribution in [0.4, 0.5) is 0 Å². The Balaban J connectivity index is 1.52. The Bertz CT molecular complexity index is 844. The van der Waals surface area contributed by atoms with Crippen LogP contribution in [0, 0.1) is 0 Å².